The molecule has 0 saturated heterocycles. The highest BCUT2D eigenvalue weighted by molar-refractivity contribution is 9.10. The van der Waals surface area contributed by atoms with E-state index in [1.54, 1.807) is 6.20 Å². The molecule has 0 amide bonds. The van der Waals surface area contributed by atoms with Gasteiger partial charge in [-0.3, -0.25) is 4.98 Å². The Kier molecular flexibility index (Phi) is 5.52. The van der Waals surface area contributed by atoms with Gasteiger partial charge in [0.1, 0.15) is 0 Å². The molecule has 1 aromatic rings. The van der Waals surface area contributed by atoms with Gasteiger partial charge in [0.25, 0.3) is 0 Å². The highest BCUT2D eigenvalue weighted by Gasteiger charge is 2.02. The van der Waals surface area contributed by atoms with E-state index in [-0.39, 0.29) is 6.61 Å². The number of aliphatic hydroxyl groups is 1. The second-order valence-corrected chi connectivity index (χ2v) is 5.49. The Morgan fingerprint density at radius 3 is 3.00 bits per heavy atom. The molecule has 0 fully saturated rings. The van der Waals surface area contributed by atoms with Crippen LogP contribution in [-0.2, 0) is 5.75 Å². The first-order chi connectivity index (χ1) is 6.72. The molecule has 0 bridgehead atoms. The second kappa shape index (κ2) is 6.43. The molecular formula is C10H14BrNOS. The minimum atomic E-state index is 0.269. The van der Waals surface area contributed by atoms with Crippen molar-refractivity contribution in [2.75, 3.05) is 6.61 Å². The molecule has 0 aliphatic rings. The van der Waals surface area contributed by atoms with Crippen LogP contribution in [-0.4, -0.2) is 21.9 Å². The van der Waals surface area contributed by atoms with Crippen molar-refractivity contribution < 1.29 is 5.11 Å². The fraction of sp³-hybridized carbons (Fsp3) is 0.500. The van der Waals surface area contributed by atoms with Crippen molar-refractivity contribution in [3.63, 3.8) is 0 Å². The van der Waals surface area contributed by atoms with E-state index >= 15 is 0 Å². The molecule has 1 heterocycles. The zero-order valence-electron chi connectivity index (χ0n) is 8.11. The molecule has 78 valence electrons. The Bertz CT molecular complexity index is 283. The van der Waals surface area contributed by atoms with E-state index in [9.17, 15) is 0 Å². The quantitative estimate of drug-likeness (QED) is 0.897. The monoisotopic (exact) mass is 275 g/mol. The van der Waals surface area contributed by atoms with Gasteiger partial charge < -0.3 is 5.11 Å². The summed E-state index contributed by atoms with van der Waals surface area (Å²) in [5.41, 5.74) is 1.22. The first-order valence-corrected chi connectivity index (χ1v) is 6.38. The summed E-state index contributed by atoms with van der Waals surface area (Å²) >= 11 is 5.23. The summed E-state index contributed by atoms with van der Waals surface area (Å²) in [5, 5.41) is 9.24. The van der Waals surface area contributed by atoms with Gasteiger partial charge in [-0.05, 0) is 34.0 Å². The maximum Gasteiger partial charge on any atom is 0.0441 e. The number of hydrogen-bond acceptors (Lipinski definition) is 3. The lowest BCUT2D eigenvalue weighted by Gasteiger charge is -2.08. The molecule has 4 heteroatoms. The van der Waals surface area contributed by atoms with Gasteiger partial charge in [-0.15, -0.1) is 0 Å². The first-order valence-electron chi connectivity index (χ1n) is 4.54. The van der Waals surface area contributed by atoms with Crippen LogP contribution in [0.1, 0.15) is 18.9 Å². The van der Waals surface area contributed by atoms with Crippen LogP contribution in [0, 0.1) is 0 Å². The third kappa shape index (κ3) is 4.44. The van der Waals surface area contributed by atoms with Crippen LogP contribution in [0.3, 0.4) is 0 Å². The average Bonchev–Trinajstić information content (AvgIpc) is 2.15. The fourth-order valence-electron chi connectivity index (χ4n) is 1.04. The van der Waals surface area contributed by atoms with Crippen LogP contribution in [0.15, 0.2) is 22.9 Å². The van der Waals surface area contributed by atoms with E-state index in [0.29, 0.717) is 5.25 Å². The second-order valence-electron chi connectivity index (χ2n) is 3.15. The Balaban J connectivity index is 2.37. The van der Waals surface area contributed by atoms with Crippen LogP contribution >= 0.6 is 27.7 Å². The highest BCUT2D eigenvalue weighted by Crippen LogP contribution is 2.20. The predicted octanol–water partition coefficient (Wildman–Crippen LogP) is 2.85. The van der Waals surface area contributed by atoms with Crippen molar-refractivity contribution in [1.29, 1.82) is 0 Å². The molecule has 14 heavy (non-hydrogen) atoms. The van der Waals surface area contributed by atoms with Gasteiger partial charge >= 0.3 is 0 Å². The first kappa shape index (κ1) is 12.0. The van der Waals surface area contributed by atoms with Gasteiger partial charge in [-0.2, -0.15) is 11.8 Å². The summed E-state index contributed by atoms with van der Waals surface area (Å²) < 4.78 is 1.02. The maximum atomic E-state index is 8.74. The Labute approximate surface area is 97.3 Å². The standard InChI is InChI=1S/C10H14BrNOS/c1-8(2-3-13)14-7-9-4-10(11)6-12-5-9/h4-6,8,13H,2-3,7H2,1H3. The number of pyridine rings is 1. The lowest BCUT2D eigenvalue weighted by molar-refractivity contribution is 0.289. The lowest BCUT2D eigenvalue weighted by Crippen LogP contribution is -1.99. The van der Waals surface area contributed by atoms with Gasteiger partial charge in [-0.1, -0.05) is 6.92 Å². The summed E-state index contributed by atoms with van der Waals surface area (Å²) in [4.78, 5) is 4.10. The number of rotatable bonds is 5. The normalized spacial score (nSPS) is 12.8. The van der Waals surface area contributed by atoms with Crippen molar-refractivity contribution in [1.82, 2.24) is 4.98 Å². The molecule has 0 radical (unpaired) electrons. The summed E-state index contributed by atoms with van der Waals surface area (Å²) in [6, 6.07) is 2.08. The summed E-state index contributed by atoms with van der Waals surface area (Å²) in [6.07, 6.45) is 4.51. The third-order valence-corrected chi connectivity index (χ3v) is 3.57. The van der Waals surface area contributed by atoms with Crippen LogP contribution in [0.4, 0.5) is 0 Å². The highest BCUT2D eigenvalue weighted by atomic mass is 79.9. The van der Waals surface area contributed by atoms with E-state index < -0.39 is 0 Å². The van der Waals surface area contributed by atoms with Gasteiger partial charge in [-0.25, -0.2) is 0 Å². The number of hydrogen-bond donors (Lipinski definition) is 1. The van der Waals surface area contributed by atoms with Crippen LogP contribution in [0.25, 0.3) is 0 Å². The van der Waals surface area contributed by atoms with Crippen LogP contribution in [0.5, 0.6) is 0 Å². The number of aliphatic hydroxyl groups excluding tert-OH is 1. The molecule has 1 unspecified atom stereocenters. The molecule has 0 saturated carbocycles. The van der Waals surface area contributed by atoms with Gasteiger partial charge in [0.15, 0.2) is 0 Å². The summed E-state index contributed by atoms with van der Waals surface area (Å²) in [6.45, 7) is 2.40. The molecule has 0 aliphatic carbocycles. The lowest BCUT2D eigenvalue weighted by atomic mass is 10.3. The molecular weight excluding hydrogens is 262 g/mol. The molecule has 0 spiro atoms. The van der Waals surface area contributed by atoms with E-state index in [1.807, 2.05) is 18.0 Å². The van der Waals surface area contributed by atoms with E-state index in [2.05, 4.69) is 33.9 Å². The number of nitrogens with zero attached hydrogens (tertiary/aromatic N) is 1. The largest absolute Gasteiger partial charge is 0.396 e. The molecule has 1 aromatic heterocycles. The Morgan fingerprint density at radius 2 is 2.36 bits per heavy atom. The van der Waals surface area contributed by atoms with E-state index in [1.165, 1.54) is 5.56 Å². The van der Waals surface area contributed by atoms with Gasteiger partial charge in [0, 0.05) is 34.5 Å². The van der Waals surface area contributed by atoms with Crippen LogP contribution in [0.2, 0.25) is 0 Å². The molecule has 0 aliphatic heterocycles. The van der Waals surface area contributed by atoms with Crippen molar-refractivity contribution in [3.05, 3.63) is 28.5 Å². The fourth-order valence-corrected chi connectivity index (χ4v) is 2.36. The zero-order chi connectivity index (χ0) is 10.4. The maximum absolute atomic E-state index is 8.74. The zero-order valence-corrected chi connectivity index (χ0v) is 10.5. The molecule has 1 N–H and O–H groups in total. The minimum absolute atomic E-state index is 0.269. The topological polar surface area (TPSA) is 33.1 Å². The summed E-state index contributed by atoms with van der Waals surface area (Å²) in [5.74, 6) is 0.952. The predicted molar refractivity (Wildman–Crippen MR) is 64.4 cm³/mol. The van der Waals surface area contributed by atoms with Gasteiger partial charge in [0.2, 0.25) is 0 Å². The minimum Gasteiger partial charge on any atom is -0.396 e. The number of thioether (sulfide) groups is 1. The Hall–Kier alpha value is -0.0600. The SMILES string of the molecule is CC(CCO)SCc1cncc(Br)c1. The third-order valence-electron chi connectivity index (χ3n) is 1.83. The molecule has 0 aromatic carbocycles. The van der Waals surface area contributed by atoms with Crippen LogP contribution < -0.4 is 0 Å². The molecule has 1 rings (SSSR count). The Morgan fingerprint density at radius 1 is 1.57 bits per heavy atom. The summed E-state index contributed by atoms with van der Waals surface area (Å²) in [7, 11) is 0. The van der Waals surface area contributed by atoms with Crippen molar-refractivity contribution in [2.24, 2.45) is 0 Å². The van der Waals surface area contributed by atoms with E-state index in [4.69, 9.17) is 5.11 Å². The van der Waals surface area contributed by atoms with Crippen molar-refractivity contribution in [3.8, 4) is 0 Å². The van der Waals surface area contributed by atoms with E-state index in [0.717, 1.165) is 16.6 Å². The molecule has 2 nitrogen and oxygen atoms in total. The van der Waals surface area contributed by atoms with Gasteiger partial charge in [0.05, 0.1) is 0 Å². The molecule has 1 atom stereocenters. The number of aromatic nitrogens is 1. The number of halogens is 1. The van der Waals surface area contributed by atoms with Crippen molar-refractivity contribution >= 4 is 27.7 Å². The van der Waals surface area contributed by atoms with Crippen molar-refractivity contribution in [2.45, 2.75) is 24.3 Å². The smallest absolute Gasteiger partial charge is 0.0441 e. The average molecular weight is 276 g/mol.